The summed E-state index contributed by atoms with van der Waals surface area (Å²) in [6.45, 7) is 0. The molecule has 0 spiro atoms. The van der Waals surface area contributed by atoms with Crippen LogP contribution in [0.25, 0.3) is 11.3 Å². The summed E-state index contributed by atoms with van der Waals surface area (Å²) >= 11 is 0. The number of H-pyrrole nitrogens is 1. The lowest BCUT2D eigenvalue weighted by atomic mass is 10.0. The number of aryl methyl sites for hydroxylation is 1. The van der Waals surface area contributed by atoms with Gasteiger partial charge in [0.05, 0.1) is 5.56 Å². The monoisotopic (exact) mass is 226 g/mol. The molecule has 1 aliphatic carbocycles. The van der Waals surface area contributed by atoms with Gasteiger partial charge in [-0.25, -0.2) is 0 Å². The minimum absolute atomic E-state index is 0.345. The predicted molar refractivity (Wildman–Crippen MR) is 66.8 cm³/mol. The molecule has 17 heavy (non-hydrogen) atoms. The molecule has 0 unspecified atom stereocenters. The number of carbonyl (C=O) groups is 1. The number of primary amides is 1. The largest absolute Gasteiger partial charge is 0.366 e. The third-order valence-electron chi connectivity index (χ3n) is 3.41. The van der Waals surface area contributed by atoms with Crippen LogP contribution in [0.5, 0.6) is 0 Å². The maximum Gasteiger partial charge on any atom is 0.250 e. The van der Waals surface area contributed by atoms with Crippen molar-refractivity contribution in [3.63, 3.8) is 0 Å². The first kappa shape index (κ1) is 10.1. The molecule has 1 aliphatic rings. The van der Waals surface area contributed by atoms with Crippen LogP contribution in [0, 0.1) is 0 Å². The molecule has 0 atom stereocenters. The number of benzene rings is 1. The first-order chi connectivity index (χ1) is 8.27. The number of aromatic nitrogens is 1. The molecular weight excluding hydrogens is 212 g/mol. The second kappa shape index (κ2) is 3.77. The highest BCUT2D eigenvalue weighted by molar-refractivity contribution is 5.96. The summed E-state index contributed by atoms with van der Waals surface area (Å²) in [5, 5.41) is 0. The van der Waals surface area contributed by atoms with Gasteiger partial charge < -0.3 is 10.7 Å². The Labute approximate surface area is 99.7 Å². The minimum atomic E-state index is -0.345. The summed E-state index contributed by atoms with van der Waals surface area (Å²) in [5.74, 6) is -0.345. The summed E-state index contributed by atoms with van der Waals surface area (Å²) in [7, 11) is 0. The number of hydrogen-bond donors (Lipinski definition) is 2. The van der Waals surface area contributed by atoms with E-state index < -0.39 is 0 Å². The zero-order valence-corrected chi connectivity index (χ0v) is 9.49. The van der Waals surface area contributed by atoms with Gasteiger partial charge in [0, 0.05) is 17.5 Å². The molecule has 0 radical (unpaired) electrons. The fourth-order valence-electron chi connectivity index (χ4n) is 2.61. The molecule has 3 rings (SSSR count). The number of aromatic amines is 1. The van der Waals surface area contributed by atoms with Crippen LogP contribution >= 0.6 is 0 Å². The smallest absolute Gasteiger partial charge is 0.250 e. The molecule has 2 aromatic rings. The van der Waals surface area contributed by atoms with Crippen LogP contribution < -0.4 is 5.73 Å². The van der Waals surface area contributed by atoms with Crippen molar-refractivity contribution in [1.29, 1.82) is 0 Å². The topological polar surface area (TPSA) is 58.9 Å². The average Bonchev–Trinajstić information content (AvgIpc) is 2.66. The van der Waals surface area contributed by atoms with E-state index in [0.717, 1.165) is 30.5 Å². The summed E-state index contributed by atoms with van der Waals surface area (Å²) in [6, 6.07) is 8.33. The van der Waals surface area contributed by atoms with Crippen LogP contribution in [0.4, 0.5) is 0 Å². The average molecular weight is 226 g/mol. The van der Waals surface area contributed by atoms with Gasteiger partial charge in [-0.1, -0.05) is 24.3 Å². The molecular formula is C14H14N2O. The van der Waals surface area contributed by atoms with Gasteiger partial charge in [-0.3, -0.25) is 4.79 Å². The zero-order chi connectivity index (χ0) is 11.8. The first-order valence-electron chi connectivity index (χ1n) is 5.85. The Kier molecular flexibility index (Phi) is 2.25. The second-order valence-corrected chi connectivity index (χ2v) is 4.43. The summed E-state index contributed by atoms with van der Waals surface area (Å²) in [5.41, 5.74) is 10.7. The van der Waals surface area contributed by atoms with Crippen LogP contribution in [-0.2, 0) is 12.8 Å². The molecule has 0 bridgehead atoms. The minimum Gasteiger partial charge on any atom is -0.366 e. The normalized spacial score (nSPS) is 13.6. The number of rotatable bonds is 1. The number of amides is 1. The van der Waals surface area contributed by atoms with E-state index in [0.29, 0.717) is 5.56 Å². The molecule has 0 saturated carbocycles. The number of nitrogens with one attached hydrogen (secondary N) is 1. The molecule has 1 amide bonds. The molecule has 3 N–H and O–H groups in total. The van der Waals surface area contributed by atoms with Gasteiger partial charge in [0.1, 0.15) is 0 Å². The third-order valence-corrected chi connectivity index (χ3v) is 3.41. The van der Waals surface area contributed by atoms with Crippen LogP contribution in [0.15, 0.2) is 30.5 Å². The molecule has 1 heterocycles. The van der Waals surface area contributed by atoms with E-state index in [1.807, 2.05) is 6.07 Å². The Morgan fingerprint density at radius 2 is 2.06 bits per heavy atom. The predicted octanol–water partition coefficient (Wildman–Crippen LogP) is 2.27. The lowest BCUT2D eigenvalue weighted by molar-refractivity contribution is 0.0999. The number of carbonyl (C=O) groups excluding carboxylic acids is 1. The Bertz CT molecular complexity index is 584. The molecule has 0 aliphatic heterocycles. The van der Waals surface area contributed by atoms with Gasteiger partial charge in [0.2, 0.25) is 0 Å². The Morgan fingerprint density at radius 1 is 1.24 bits per heavy atom. The Hall–Kier alpha value is -2.03. The molecule has 1 aromatic heterocycles. The van der Waals surface area contributed by atoms with Gasteiger partial charge in [0.15, 0.2) is 0 Å². The van der Waals surface area contributed by atoms with E-state index in [2.05, 4.69) is 23.2 Å². The van der Waals surface area contributed by atoms with E-state index >= 15 is 0 Å². The summed E-state index contributed by atoms with van der Waals surface area (Å²) in [6.07, 6.45) is 4.75. The van der Waals surface area contributed by atoms with Crippen molar-refractivity contribution in [1.82, 2.24) is 4.98 Å². The van der Waals surface area contributed by atoms with E-state index in [4.69, 9.17) is 5.73 Å². The molecule has 1 aromatic carbocycles. The molecule has 3 nitrogen and oxygen atoms in total. The fourth-order valence-corrected chi connectivity index (χ4v) is 2.61. The highest BCUT2D eigenvalue weighted by Gasteiger charge is 2.20. The van der Waals surface area contributed by atoms with E-state index in [9.17, 15) is 4.79 Å². The third kappa shape index (κ3) is 1.55. The van der Waals surface area contributed by atoms with Gasteiger partial charge >= 0.3 is 0 Å². The van der Waals surface area contributed by atoms with Gasteiger partial charge in [0.25, 0.3) is 5.91 Å². The van der Waals surface area contributed by atoms with Gasteiger partial charge in [-0.15, -0.1) is 0 Å². The van der Waals surface area contributed by atoms with Gasteiger partial charge in [-0.2, -0.15) is 0 Å². The summed E-state index contributed by atoms with van der Waals surface area (Å²) in [4.78, 5) is 14.6. The maximum atomic E-state index is 11.4. The zero-order valence-electron chi connectivity index (χ0n) is 9.49. The number of fused-ring (bicyclic) bond motifs is 3. The van der Waals surface area contributed by atoms with Crippen LogP contribution in [0.1, 0.15) is 27.9 Å². The van der Waals surface area contributed by atoms with Crippen LogP contribution in [0.3, 0.4) is 0 Å². The van der Waals surface area contributed by atoms with Gasteiger partial charge in [-0.05, 0) is 30.4 Å². The van der Waals surface area contributed by atoms with Crippen molar-refractivity contribution in [3.8, 4) is 11.3 Å². The lowest BCUT2D eigenvalue weighted by Gasteiger charge is -2.04. The van der Waals surface area contributed by atoms with E-state index in [1.165, 1.54) is 11.1 Å². The number of nitrogens with two attached hydrogens (primary N) is 1. The van der Waals surface area contributed by atoms with Crippen molar-refractivity contribution < 1.29 is 4.79 Å². The highest BCUT2D eigenvalue weighted by atomic mass is 16.1. The highest BCUT2D eigenvalue weighted by Crippen LogP contribution is 2.33. The maximum absolute atomic E-state index is 11.4. The van der Waals surface area contributed by atoms with E-state index in [1.54, 1.807) is 6.20 Å². The van der Waals surface area contributed by atoms with Crippen LogP contribution in [0.2, 0.25) is 0 Å². The summed E-state index contributed by atoms with van der Waals surface area (Å²) < 4.78 is 0. The molecule has 3 heteroatoms. The fraction of sp³-hybridized carbons (Fsp3) is 0.214. The SMILES string of the molecule is NC(=O)c1c[nH]c2c1CCCc1ccccc1-2. The van der Waals surface area contributed by atoms with E-state index in [-0.39, 0.29) is 5.91 Å². The Balaban J connectivity index is 2.24. The first-order valence-corrected chi connectivity index (χ1v) is 5.85. The quantitative estimate of drug-likeness (QED) is 0.770. The lowest BCUT2D eigenvalue weighted by Crippen LogP contribution is -2.12. The van der Waals surface area contributed by atoms with Crippen molar-refractivity contribution in [2.24, 2.45) is 5.73 Å². The van der Waals surface area contributed by atoms with Crippen LogP contribution in [-0.4, -0.2) is 10.9 Å². The Morgan fingerprint density at radius 3 is 2.88 bits per heavy atom. The van der Waals surface area contributed by atoms with Crippen molar-refractivity contribution in [2.75, 3.05) is 0 Å². The standard InChI is InChI=1S/C14H14N2O/c15-14(17)12-8-16-13-10-6-2-1-4-9(10)5-3-7-11(12)13/h1-2,4,6,8,16H,3,5,7H2,(H2,15,17). The molecule has 86 valence electrons. The van der Waals surface area contributed by atoms with Crippen molar-refractivity contribution >= 4 is 5.91 Å². The second-order valence-electron chi connectivity index (χ2n) is 4.43. The molecule has 0 fully saturated rings. The molecule has 0 saturated heterocycles. The number of hydrogen-bond acceptors (Lipinski definition) is 1. The van der Waals surface area contributed by atoms with Crippen molar-refractivity contribution in [3.05, 3.63) is 47.2 Å². The van der Waals surface area contributed by atoms with Crippen molar-refractivity contribution in [2.45, 2.75) is 19.3 Å².